The van der Waals surface area contributed by atoms with Crippen molar-refractivity contribution in [2.24, 2.45) is 5.73 Å². The Labute approximate surface area is 160 Å². The Kier molecular flexibility index (Phi) is 5.74. The zero-order chi connectivity index (χ0) is 20.1. The summed E-state index contributed by atoms with van der Waals surface area (Å²) in [6, 6.07) is 10.2. The van der Waals surface area contributed by atoms with Gasteiger partial charge in [-0.2, -0.15) is 13.2 Å². The molecule has 0 unspecified atom stereocenters. The van der Waals surface area contributed by atoms with Crippen LogP contribution in [0.15, 0.2) is 48.8 Å². The predicted molar refractivity (Wildman–Crippen MR) is 102 cm³/mol. The van der Waals surface area contributed by atoms with Crippen molar-refractivity contribution in [3.63, 3.8) is 0 Å². The molecule has 0 fully saturated rings. The Balaban J connectivity index is 1.84. The van der Waals surface area contributed by atoms with Crippen LogP contribution in [0.5, 0.6) is 0 Å². The minimum Gasteiger partial charge on any atom is -0.369 e. The molecule has 9 heteroatoms. The number of benzene rings is 1. The summed E-state index contributed by atoms with van der Waals surface area (Å²) in [6.45, 7) is 3.03. The molecule has 0 amide bonds. The Morgan fingerprint density at radius 3 is 2.54 bits per heavy atom. The standard InChI is InChI=1S/C19H19F3N6/c1-12-8-14(13-2-3-17(26-11-13)24-7-5-23)10-15(9-12)27-18-25-6-4-16(28-18)19(20,21)22/h2-4,6,8-11H,5,7,23H2,1H3,(H,24,26)(H,25,27,28). The minimum absolute atomic E-state index is 0.120. The third-order valence-electron chi connectivity index (χ3n) is 3.83. The lowest BCUT2D eigenvalue weighted by Crippen LogP contribution is -2.13. The first kappa shape index (κ1) is 19.6. The number of aromatic nitrogens is 3. The maximum absolute atomic E-state index is 12.8. The van der Waals surface area contributed by atoms with Gasteiger partial charge in [0.05, 0.1) is 0 Å². The topological polar surface area (TPSA) is 88.8 Å². The van der Waals surface area contributed by atoms with Crippen LogP contribution in [-0.4, -0.2) is 28.0 Å². The molecule has 3 aromatic rings. The molecule has 0 radical (unpaired) electrons. The van der Waals surface area contributed by atoms with E-state index in [-0.39, 0.29) is 5.95 Å². The lowest BCUT2D eigenvalue weighted by molar-refractivity contribution is -0.141. The number of nitrogens with one attached hydrogen (secondary N) is 2. The molecule has 0 saturated heterocycles. The highest BCUT2D eigenvalue weighted by Crippen LogP contribution is 2.29. The maximum Gasteiger partial charge on any atom is 0.433 e. The average Bonchev–Trinajstić information content (AvgIpc) is 2.66. The lowest BCUT2D eigenvalue weighted by Gasteiger charge is -2.11. The van der Waals surface area contributed by atoms with Gasteiger partial charge in [-0.15, -0.1) is 0 Å². The lowest BCUT2D eigenvalue weighted by atomic mass is 10.0. The van der Waals surface area contributed by atoms with Crippen molar-refractivity contribution >= 4 is 17.5 Å². The number of hydrogen-bond acceptors (Lipinski definition) is 6. The molecule has 0 aliphatic carbocycles. The smallest absolute Gasteiger partial charge is 0.369 e. The van der Waals surface area contributed by atoms with E-state index in [0.29, 0.717) is 18.8 Å². The molecule has 146 valence electrons. The minimum atomic E-state index is -4.53. The third-order valence-corrected chi connectivity index (χ3v) is 3.83. The predicted octanol–water partition coefficient (Wildman–Crippen LogP) is 3.98. The van der Waals surface area contributed by atoms with Crippen LogP contribution in [0.25, 0.3) is 11.1 Å². The first-order valence-corrected chi connectivity index (χ1v) is 8.54. The number of anilines is 3. The summed E-state index contributed by atoms with van der Waals surface area (Å²) in [5.41, 5.74) is 7.71. The van der Waals surface area contributed by atoms with E-state index in [1.54, 1.807) is 18.3 Å². The third kappa shape index (κ3) is 4.95. The van der Waals surface area contributed by atoms with Gasteiger partial charge < -0.3 is 16.4 Å². The van der Waals surface area contributed by atoms with Crippen LogP contribution < -0.4 is 16.4 Å². The molecule has 0 spiro atoms. The number of nitrogens with two attached hydrogens (primary N) is 1. The van der Waals surface area contributed by atoms with Crippen molar-refractivity contribution in [3.05, 3.63) is 60.0 Å². The van der Waals surface area contributed by atoms with Crippen LogP contribution in [0, 0.1) is 6.92 Å². The summed E-state index contributed by atoms with van der Waals surface area (Å²) in [6.07, 6.45) is -1.73. The SMILES string of the molecule is Cc1cc(Nc2nccc(C(F)(F)F)n2)cc(-c2ccc(NCCN)nc2)c1. The molecule has 1 aromatic carbocycles. The van der Waals surface area contributed by atoms with E-state index in [2.05, 4.69) is 25.6 Å². The summed E-state index contributed by atoms with van der Waals surface area (Å²) in [4.78, 5) is 11.7. The van der Waals surface area contributed by atoms with Gasteiger partial charge in [-0.1, -0.05) is 6.07 Å². The number of rotatable bonds is 6. The molecule has 28 heavy (non-hydrogen) atoms. The van der Waals surface area contributed by atoms with E-state index < -0.39 is 11.9 Å². The van der Waals surface area contributed by atoms with E-state index in [1.807, 2.05) is 25.1 Å². The monoisotopic (exact) mass is 388 g/mol. The molecular weight excluding hydrogens is 369 g/mol. The van der Waals surface area contributed by atoms with Crippen LogP contribution in [0.2, 0.25) is 0 Å². The van der Waals surface area contributed by atoms with Crippen LogP contribution in [0.3, 0.4) is 0 Å². The molecule has 2 aromatic heterocycles. The average molecular weight is 388 g/mol. The van der Waals surface area contributed by atoms with Crippen molar-refractivity contribution in [2.75, 3.05) is 23.7 Å². The second-order valence-electron chi connectivity index (χ2n) is 6.12. The van der Waals surface area contributed by atoms with Gasteiger partial charge in [-0.05, 0) is 48.4 Å². The molecule has 3 rings (SSSR count). The molecular formula is C19H19F3N6. The Hall–Kier alpha value is -3.20. The molecule has 2 heterocycles. The zero-order valence-electron chi connectivity index (χ0n) is 15.1. The number of alkyl halides is 3. The molecule has 4 N–H and O–H groups in total. The molecule has 0 aliphatic heterocycles. The number of pyridine rings is 1. The fraction of sp³-hybridized carbons (Fsp3) is 0.211. The fourth-order valence-corrected chi connectivity index (χ4v) is 2.60. The van der Waals surface area contributed by atoms with Gasteiger partial charge >= 0.3 is 6.18 Å². The van der Waals surface area contributed by atoms with Crippen molar-refractivity contribution < 1.29 is 13.2 Å². The van der Waals surface area contributed by atoms with E-state index in [4.69, 9.17) is 5.73 Å². The zero-order valence-corrected chi connectivity index (χ0v) is 15.1. The number of hydrogen-bond donors (Lipinski definition) is 3. The highest BCUT2D eigenvalue weighted by atomic mass is 19.4. The van der Waals surface area contributed by atoms with E-state index >= 15 is 0 Å². The highest BCUT2D eigenvalue weighted by molar-refractivity contribution is 5.71. The number of halogens is 3. The summed E-state index contributed by atoms with van der Waals surface area (Å²) >= 11 is 0. The van der Waals surface area contributed by atoms with Gasteiger partial charge in [0.2, 0.25) is 5.95 Å². The second-order valence-corrected chi connectivity index (χ2v) is 6.12. The second kappa shape index (κ2) is 8.22. The van der Waals surface area contributed by atoms with Crippen molar-refractivity contribution in [2.45, 2.75) is 13.1 Å². The first-order valence-electron chi connectivity index (χ1n) is 8.54. The molecule has 0 bridgehead atoms. The quantitative estimate of drug-likeness (QED) is 0.592. The molecule has 6 nitrogen and oxygen atoms in total. The maximum atomic E-state index is 12.8. The van der Waals surface area contributed by atoms with Crippen molar-refractivity contribution in [1.29, 1.82) is 0 Å². The normalized spacial score (nSPS) is 11.3. The fourth-order valence-electron chi connectivity index (χ4n) is 2.60. The number of nitrogens with zero attached hydrogens (tertiary/aromatic N) is 3. The van der Waals surface area contributed by atoms with Crippen LogP contribution in [-0.2, 0) is 6.18 Å². The van der Waals surface area contributed by atoms with E-state index in [0.717, 1.165) is 34.8 Å². The van der Waals surface area contributed by atoms with Crippen LogP contribution in [0.1, 0.15) is 11.3 Å². The van der Waals surface area contributed by atoms with E-state index in [1.165, 1.54) is 0 Å². The summed E-state index contributed by atoms with van der Waals surface area (Å²) in [7, 11) is 0. The first-order chi connectivity index (χ1) is 13.3. The largest absolute Gasteiger partial charge is 0.433 e. The van der Waals surface area contributed by atoms with Gasteiger partial charge in [-0.3, -0.25) is 0 Å². The number of aryl methyl sites for hydroxylation is 1. The van der Waals surface area contributed by atoms with Gasteiger partial charge in [0.15, 0.2) is 0 Å². The molecule has 0 aliphatic rings. The molecule has 0 atom stereocenters. The molecule has 0 saturated carbocycles. The highest BCUT2D eigenvalue weighted by Gasteiger charge is 2.32. The Morgan fingerprint density at radius 1 is 1.04 bits per heavy atom. The Bertz CT molecular complexity index is 941. The van der Waals surface area contributed by atoms with Gasteiger partial charge in [0, 0.05) is 36.7 Å². The van der Waals surface area contributed by atoms with Crippen molar-refractivity contribution in [1.82, 2.24) is 15.0 Å². The van der Waals surface area contributed by atoms with Gasteiger partial charge in [0.25, 0.3) is 0 Å². The summed E-state index contributed by atoms with van der Waals surface area (Å²) < 4.78 is 38.5. The van der Waals surface area contributed by atoms with Crippen LogP contribution >= 0.6 is 0 Å². The van der Waals surface area contributed by atoms with Gasteiger partial charge in [0.1, 0.15) is 11.5 Å². The van der Waals surface area contributed by atoms with Crippen molar-refractivity contribution in [3.8, 4) is 11.1 Å². The Morgan fingerprint density at radius 2 is 1.86 bits per heavy atom. The van der Waals surface area contributed by atoms with Gasteiger partial charge in [-0.25, -0.2) is 15.0 Å². The summed E-state index contributed by atoms with van der Waals surface area (Å²) in [5.74, 6) is 0.600. The van der Waals surface area contributed by atoms with E-state index in [9.17, 15) is 13.2 Å². The van der Waals surface area contributed by atoms with Crippen LogP contribution in [0.4, 0.5) is 30.6 Å². The summed E-state index contributed by atoms with van der Waals surface area (Å²) in [5, 5.41) is 5.93.